The molecule has 0 heterocycles. The maximum Gasteiger partial charge on any atom is -0.0263 e. The third-order valence-corrected chi connectivity index (χ3v) is 2.35. The van der Waals surface area contributed by atoms with E-state index < -0.39 is 0 Å². The first kappa shape index (κ1) is 11.0. The van der Waals surface area contributed by atoms with Gasteiger partial charge < -0.3 is 0 Å². The van der Waals surface area contributed by atoms with Crippen LogP contribution in [-0.2, 0) is 0 Å². The summed E-state index contributed by atoms with van der Waals surface area (Å²) >= 11 is 0. The summed E-state index contributed by atoms with van der Waals surface area (Å²) in [6.07, 6.45) is 11.3. The van der Waals surface area contributed by atoms with Gasteiger partial charge >= 0.3 is 0 Å². The molecule has 1 aliphatic rings. The number of hydrogen-bond acceptors (Lipinski definition) is 0. The fourth-order valence-corrected chi connectivity index (χ4v) is 1.49. The molecule has 0 saturated heterocycles. The number of benzene rings is 1. The van der Waals surface area contributed by atoms with Crippen molar-refractivity contribution in [2.45, 2.75) is 32.1 Å². The van der Waals surface area contributed by atoms with Gasteiger partial charge in [-0.1, -0.05) is 75.1 Å². The first-order valence-electron chi connectivity index (χ1n) is 5.42. The fourth-order valence-electron chi connectivity index (χ4n) is 1.49. The maximum absolute atomic E-state index is 3.63. The minimum atomic E-state index is 1.17. The zero-order valence-corrected chi connectivity index (χ0v) is 8.78. The van der Waals surface area contributed by atoms with Crippen molar-refractivity contribution in [3.8, 4) is 0 Å². The van der Waals surface area contributed by atoms with Gasteiger partial charge in [0, 0.05) is 0 Å². The number of hydrogen-bond donors (Lipinski definition) is 0. The second-order valence-electron chi connectivity index (χ2n) is 3.54. The Morgan fingerprint density at radius 2 is 1.57 bits per heavy atom. The Morgan fingerprint density at radius 3 is 1.86 bits per heavy atom. The molecule has 0 spiro atoms. The van der Waals surface area contributed by atoms with Crippen LogP contribution < -0.4 is 0 Å². The predicted octanol–water partition coefficient (Wildman–Crippen LogP) is 4.48. The largest absolute Gasteiger partial charge is 0.0985 e. The highest BCUT2D eigenvalue weighted by molar-refractivity contribution is 5.45. The van der Waals surface area contributed by atoms with Crippen molar-refractivity contribution in [1.29, 1.82) is 0 Å². The van der Waals surface area contributed by atoms with Crippen LogP contribution in [-0.4, -0.2) is 0 Å². The van der Waals surface area contributed by atoms with Crippen molar-refractivity contribution in [1.82, 2.24) is 0 Å². The van der Waals surface area contributed by atoms with E-state index in [4.69, 9.17) is 0 Å². The van der Waals surface area contributed by atoms with E-state index in [9.17, 15) is 0 Å². The Balaban J connectivity index is 0.000000146. The Labute approximate surface area is 87.7 Å². The quantitative estimate of drug-likeness (QED) is 0.608. The smallest absolute Gasteiger partial charge is 0.0263 e. The van der Waals surface area contributed by atoms with Gasteiger partial charge in [0.15, 0.2) is 0 Å². The summed E-state index contributed by atoms with van der Waals surface area (Å²) in [4.78, 5) is 0. The van der Waals surface area contributed by atoms with Gasteiger partial charge in [0.1, 0.15) is 0 Å². The molecule has 2 rings (SSSR count). The molecule has 0 amide bonds. The highest BCUT2D eigenvalue weighted by Crippen LogP contribution is 2.14. The molecule has 1 fully saturated rings. The van der Waals surface area contributed by atoms with Gasteiger partial charge in [-0.05, 0) is 12.0 Å². The lowest BCUT2D eigenvalue weighted by atomic mass is 10.0. The summed E-state index contributed by atoms with van der Waals surface area (Å²) in [5.41, 5.74) is 1.17. The summed E-state index contributed by atoms with van der Waals surface area (Å²) < 4.78 is 0. The Morgan fingerprint density at radius 1 is 0.929 bits per heavy atom. The summed E-state index contributed by atoms with van der Waals surface area (Å²) in [5.74, 6) is 0. The zero-order chi connectivity index (χ0) is 10.1. The highest BCUT2D eigenvalue weighted by atomic mass is 14.0. The van der Waals surface area contributed by atoms with Crippen LogP contribution in [0.25, 0.3) is 6.08 Å². The van der Waals surface area contributed by atoms with Gasteiger partial charge in [-0.2, -0.15) is 0 Å². The molecule has 1 saturated carbocycles. The van der Waals surface area contributed by atoms with Gasteiger partial charge in [0.05, 0.1) is 0 Å². The molecule has 75 valence electrons. The van der Waals surface area contributed by atoms with Crippen LogP contribution in [0.2, 0.25) is 0 Å². The van der Waals surface area contributed by atoms with Gasteiger partial charge in [0.25, 0.3) is 0 Å². The van der Waals surface area contributed by atoms with E-state index in [1.165, 1.54) is 37.7 Å². The molecule has 0 bridgehead atoms. The molecule has 0 aromatic heterocycles. The molecular weight excluding hydrogens is 168 g/mol. The first-order valence-corrected chi connectivity index (χ1v) is 5.42. The summed E-state index contributed by atoms with van der Waals surface area (Å²) in [6, 6.07) is 10.0. The molecule has 0 unspecified atom stereocenters. The monoisotopic (exact) mass is 187 g/mol. The van der Waals surface area contributed by atoms with Crippen molar-refractivity contribution in [2.75, 3.05) is 0 Å². The second-order valence-corrected chi connectivity index (χ2v) is 3.54. The SMILES string of the molecule is C=Cc1ccccc1.[CH]1CCCCC1. The molecule has 14 heavy (non-hydrogen) atoms. The summed E-state index contributed by atoms with van der Waals surface area (Å²) in [5, 5.41) is 0. The van der Waals surface area contributed by atoms with E-state index in [0.29, 0.717) is 0 Å². The molecule has 0 nitrogen and oxygen atoms in total. The van der Waals surface area contributed by atoms with Crippen molar-refractivity contribution in [2.24, 2.45) is 0 Å². The molecule has 1 aromatic carbocycles. The maximum atomic E-state index is 3.63. The summed E-state index contributed by atoms with van der Waals surface area (Å²) in [6.45, 7) is 3.63. The van der Waals surface area contributed by atoms with E-state index >= 15 is 0 Å². The Bertz CT molecular complexity index is 220. The average molecular weight is 187 g/mol. The molecule has 1 aromatic rings. The Kier molecular flexibility index (Phi) is 5.81. The summed E-state index contributed by atoms with van der Waals surface area (Å²) in [7, 11) is 0. The lowest BCUT2D eigenvalue weighted by Gasteiger charge is -2.05. The molecule has 0 atom stereocenters. The first-order chi connectivity index (χ1) is 6.93. The average Bonchev–Trinajstić information content (AvgIpc) is 2.33. The fraction of sp³-hybridized carbons (Fsp3) is 0.357. The van der Waals surface area contributed by atoms with Gasteiger partial charge in [-0.25, -0.2) is 0 Å². The van der Waals surface area contributed by atoms with Crippen molar-refractivity contribution < 1.29 is 0 Å². The predicted molar refractivity (Wildman–Crippen MR) is 63.9 cm³/mol. The number of rotatable bonds is 1. The van der Waals surface area contributed by atoms with Crippen LogP contribution in [0.3, 0.4) is 0 Å². The topological polar surface area (TPSA) is 0 Å². The van der Waals surface area contributed by atoms with Gasteiger partial charge in [0.2, 0.25) is 0 Å². The standard InChI is InChI=1S/C8H8.C6H11/c1-2-8-6-4-3-5-7-8;1-2-4-6-5-3-1/h2-7H,1H2;1H,2-6H2. The van der Waals surface area contributed by atoms with Crippen LogP contribution in [0.5, 0.6) is 0 Å². The van der Waals surface area contributed by atoms with Crippen molar-refractivity contribution >= 4 is 6.08 Å². The minimum Gasteiger partial charge on any atom is -0.0985 e. The lowest BCUT2D eigenvalue weighted by Crippen LogP contribution is -1.87. The molecule has 0 aliphatic heterocycles. The molecule has 1 aliphatic carbocycles. The molecule has 0 heteroatoms. The van der Waals surface area contributed by atoms with Crippen LogP contribution in [0.4, 0.5) is 0 Å². The Hall–Kier alpha value is -1.04. The van der Waals surface area contributed by atoms with Gasteiger partial charge in [-0.3, -0.25) is 0 Å². The van der Waals surface area contributed by atoms with Crippen LogP contribution in [0.15, 0.2) is 36.9 Å². The minimum absolute atomic E-state index is 1.17. The molecule has 0 N–H and O–H groups in total. The third-order valence-electron chi connectivity index (χ3n) is 2.35. The van der Waals surface area contributed by atoms with Crippen LogP contribution in [0, 0.1) is 6.42 Å². The van der Waals surface area contributed by atoms with E-state index in [1.54, 1.807) is 0 Å². The van der Waals surface area contributed by atoms with Gasteiger partial charge in [-0.15, -0.1) is 0 Å². The zero-order valence-electron chi connectivity index (χ0n) is 8.78. The molecular formula is C14H19. The lowest BCUT2D eigenvalue weighted by molar-refractivity contribution is 0.593. The van der Waals surface area contributed by atoms with E-state index in [0.717, 1.165) is 0 Å². The normalized spacial score (nSPS) is 15.1. The van der Waals surface area contributed by atoms with Crippen LogP contribution in [0.1, 0.15) is 37.7 Å². The third kappa shape index (κ3) is 4.86. The second kappa shape index (κ2) is 7.37. The van der Waals surface area contributed by atoms with E-state index in [1.807, 2.05) is 36.4 Å². The van der Waals surface area contributed by atoms with Crippen molar-refractivity contribution in [3.05, 3.63) is 48.9 Å². The van der Waals surface area contributed by atoms with E-state index in [2.05, 4.69) is 13.0 Å². The van der Waals surface area contributed by atoms with E-state index in [-0.39, 0.29) is 0 Å². The highest BCUT2D eigenvalue weighted by Gasteiger charge is 1.95. The van der Waals surface area contributed by atoms with Crippen molar-refractivity contribution in [3.63, 3.8) is 0 Å². The molecule has 1 radical (unpaired) electrons. The van der Waals surface area contributed by atoms with Crippen LogP contribution >= 0.6 is 0 Å².